The zero-order chi connectivity index (χ0) is 12.0. The second-order valence-electron chi connectivity index (χ2n) is 4.29. The van der Waals surface area contributed by atoms with Crippen LogP contribution in [0.15, 0.2) is 24.3 Å². The number of benzene rings is 1. The van der Waals surface area contributed by atoms with Gasteiger partial charge >= 0.3 is 0 Å². The highest BCUT2D eigenvalue weighted by molar-refractivity contribution is 5.54. The zero-order valence-corrected chi connectivity index (χ0v) is 10.7. The van der Waals surface area contributed by atoms with Crippen LogP contribution >= 0.6 is 0 Å². The smallest absolute Gasteiger partial charge is 0.0642 e. The average molecular weight is 222 g/mol. The predicted molar refractivity (Wildman–Crippen MR) is 70.3 cm³/mol. The van der Waals surface area contributed by atoms with Gasteiger partial charge in [0, 0.05) is 32.0 Å². The van der Waals surface area contributed by atoms with Crippen molar-refractivity contribution in [2.24, 2.45) is 0 Å². The summed E-state index contributed by atoms with van der Waals surface area (Å²) >= 11 is 0. The van der Waals surface area contributed by atoms with Gasteiger partial charge in [0.25, 0.3) is 0 Å². The maximum Gasteiger partial charge on any atom is 0.0642 e. The molecular formula is C13H22N2O. The third-order valence-corrected chi connectivity index (χ3v) is 2.27. The fourth-order valence-corrected chi connectivity index (χ4v) is 1.37. The van der Waals surface area contributed by atoms with E-state index in [0.717, 1.165) is 18.8 Å². The molecule has 0 saturated heterocycles. The highest BCUT2D eigenvalue weighted by Crippen LogP contribution is 2.15. The van der Waals surface area contributed by atoms with Gasteiger partial charge in [-0.2, -0.15) is 0 Å². The van der Waals surface area contributed by atoms with Gasteiger partial charge in [0.05, 0.1) is 12.7 Å². The molecule has 16 heavy (non-hydrogen) atoms. The molecule has 3 nitrogen and oxygen atoms in total. The molecule has 0 aliphatic heterocycles. The summed E-state index contributed by atoms with van der Waals surface area (Å²) < 4.78 is 5.45. The minimum Gasteiger partial charge on any atom is -0.383 e. The van der Waals surface area contributed by atoms with E-state index in [9.17, 15) is 0 Å². The van der Waals surface area contributed by atoms with Crippen LogP contribution < -0.4 is 10.2 Å². The van der Waals surface area contributed by atoms with Crippen LogP contribution in [0.3, 0.4) is 0 Å². The number of anilines is 2. The quantitative estimate of drug-likeness (QED) is 0.749. The molecule has 0 heterocycles. The third kappa shape index (κ3) is 4.53. The van der Waals surface area contributed by atoms with Crippen LogP contribution in [0.2, 0.25) is 0 Å². The summed E-state index contributed by atoms with van der Waals surface area (Å²) in [5, 5.41) is 3.32. The Labute approximate surface area is 98.4 Å². The number of ether oxygens (including phenoxy) is 1. The minimum atomic E-state index is 0.304. The van der Waals surface area contributed by atoms with E-state index in [-0.39, 0.29) is 0 Å². The molecule has 0 fully saturated rings. The van der Waals surface area contributed by atoms with Crippen molar-refractivity contribution in [3.63, 3.8) is 0 Å². The number of rotatable bonds is 6. The van der Waals surface area contributed by atoms with E-state index in [1.807, 2.05) is 27.9 Å². The van der Waals surface area contributed by atoms with Gasteiger partial charge in [-0.1, -0.05) is 0 Å². The SMILES string of the molecule is CC(C)OCCNc1ccc(N(C)C)cc1. The maximum absolute atomic E-state index is 5.45. The summed E-state index contributed by atoms with van der Waals surface area (Å²) in [5.74, 6) is 0. The number of hydrogen-bond donors (Lipinski definition) is 1. The molecule has 0 aliphatic carbocycles. The van der Waals surface area contributed by atoms with Crippen LogP contribution in [0.5, 0.6) is 0 Å². The van der Waals surface area contributed by atoms with Crippen LogP contribution in [0.4, 0.5) is 11.4 Å². The van der Waals surface area contributed by atoms with E-state index in [2.05, 4.69) is 34.5 Å². The van der Waals surface area contributed by atoms with E-state index in [1.165, 1.54) is 5.69 Å². The normalized spacial score (nSPS) is 10.6. The summed E-state index contributed by atoms with van der Waals surface area (Å²) in [7, 11) is 4.08. The van der Waals surface area contributed by atoms with E-state index >= 15 is 0 Å². The Morgan fingerprint density at radius 1 is 1.19 bits per heavy atom. The van der Waals surface area contributed by atoms with Crippen molar-refractivity contribution in [2.45, 2.75) is 20.0 Å². The van der Waals surface area contributed by atoms with E-state index in [1.54, 1.807) is 0 Å². The van der Waals surface area contributed by atoms with Crippen molar-refractivity contribution >= 4 is 11.4 Å². The molecule has 0 spiro atoms. The van der Waals surface area contributed by atoms with E-state index in [0.29, 0.717) is 6.10 Å². The molecule has 1 aromatic carbocycles. The zero-order valence-electron chi connectivity index (χ0n) is 10.7. The summed E-state index contributed by atoms with van der Waals surface area (Å²) in [4.78, 5) is 2.09. The molecule has 0 radical (unpaired) electrons. The molecule has 3 heteroatoms. The lowest BCUT2D eigenvalue weighted by atomic mass is 10.2. The first-order chi connectivity index (χ1) is 7.59. The number of hydrogen-bond acceptors (Lipinski definition) is 3. The van der Waals surface area contributed by atoms with Gasteiger partial charge in [-0.3, -0.25) is 0 Å². The van der Waals surface area contributed by atoms with Crippen molar-refractivity contribution in [3.8, 4) is 0 Å². The standard InChI is InChI=1S/C13H22N2O/c1-11(2)16-10-9-14-12-5-7-13(8-6-12)15(3)4/h5-8,11,14H,9-10H2,1-4H3. The number of nitrogens with one attached hydrogen (secondary N) is 1. The third-order valence-electron chi connectivity index (χ3n) is 2.27. The van der Waals surface area contributed by atoms with Crippen LogP contribution in [0.1, 0.15) is 13.8 Å². The average Bonchev–Trinajstić information content (AvgIpc) is 2.25. The molecule has 0 bridgehead atoms. The second kappa shape index (κ2) is 6.38. The van der Waals surface area contributed by atoms with Crippen LogP contribution in [-0.2, 0) is 4.74 Å². The Morgan fingerprint density at radius 3 is 2.31 bits per heavy atom. The molecule has 0 aromatic heterocycles. The van der Waals surface area contributed by atoms with Crippen molar-refractivity contribution in [2.75, 3.05) is 37.5 Å². The Kier molecular flexibility index (Phi) is 5.12. The molecule has 1 aromatic rings. The molecule has 0 unspecified atom stereocenters. The summed E-state index contributed by atoms with van der Waals surface area (Å²) in [6.07, 6.45) is 0.304. The van der Waals surface area contributed by atoms with Crippen molar-refractivity contribution < 1.29 is 4.74 Å². The van der Waals surface area contributed by atoms with Crippen molar-refractivity contribution in [1.29, 1.82) is 0 Å². The Balaban J connectivity index is 2.32. The van der Waals surface area contributed by atoms with Gasteiger partial charge in [-0.05, 0) is 38.1 Å². The fourth-order valence-electron chi connectivity index (χ4n) is 1.37. The fraction of sp³-hybridized carbons (Fsp3) is 0.538. The topological polar surface area (TPSA) is 24.5 Å². The van der Waals surface area contributed by atoms with Gasteiger partial charge in [-0.25, -0.2) is 0 Å². The molecular weight excluding hydrogens is 200 g/mol. The van der Waals surface area contributed by atoms with Crippen molar-refractivity contribution in [3.05, 3.63) is 24.3 Å². The van der Waals surface area contributed by atoms with Gasteiger partial charge in [0.2, 0.25) is 0 Å². The predicted octanol–water partition coefficient (Wildman–Crippen LogP) is 2.59. The van der Waals surface area contributed by atoms with E-state index < -0.39 is 0 Å². The molecule has 0 saturated carbocycles. The number of nitrogens with zero attached hydrogens (tertiary/aromatic N) is 1. The highest BCUT2D eigenvalue weighted by Gasteiger charge is 1.96. The highest BCUT2D eigenvalue weighted by atomic mass is 16.5. The van der Waals surface area contributed by atoms with Gasteiger partial charge < -0.3 is 15.0 Å². The van der Waals surface area contributed by atoms with Crippen LogP contribution in [0.25, 0.3) is 0 Å². The van der Waals surface area contributed by atoms with Crippen LogP contribution in [-0.4, -0.2) is 33.4 Å². The lowest BCUT2D eigenvalue weighted by Gasteiger charge is -2.13. The monoisotopic (exact) mass is 222 g/mol. The Bertz CT molecular complexity index is 293. The Hall–Kier alpha value is -1.22. The maximum atomic E-state index is 5.45. The Morgan fingerprint density at radius 2 is 1.81 bits per heavy atom. The van der Waals surface area contributed by atoms with Gasteiger partial charge in [-0.15, -0.1) is 0 Å². The summed E-state index contributed by atoms with van der Waals surface area (Å²) in [6, 6.07) is 8.38. The first-order valence-electron chi connectivity index (χ1n) is 5.72. The van der Waals surface area contributed by atoms with E-state index in [4.69, 9.17) is 4.74 Å². The van der Waals surface area contributed by atoms with Crippen LogP contribution in [0, 0.1) is 0 Å². The first kappa shape index (κ1) is 12.8. The molecule has 90 valence electrons. The summed E-state index contributed by atoms with van der Waals surface area (Å²) in [6.45, 7) is 5.68. The lowest BCUT2D eigenvalue weighted by Crippen LogP contribution is -2.13. The molecule has 1 N–H and O–H groups in total. The first-order valence-corrected chi connectivity index (χ1v) is 5.72. The lowest BCUT2D eigenvalue weighted by molar-refractivity contribution is 0.0870. The second-order valence-corrected chi connectivity index (χ2v) is 4.29. The summed E-state index contributed by atoms with van der Waals surface area (Å²) in [5.41, 5.74) is 2.35. The minimum absolute atomic E-state index is 0.304. The molecule has 0 amide bonds. The van der Waals surface area contributed by atoms with Crippen molar-refractivity contribution in [1.82, 2.24) is 0 Å². The molecule has 0 atom stereocenters. The van der Waals surface area contributed by atoms with Gasteiger partial charge in [0.15, 0.2) is 0 Å². The molecule has 1 rings (SSSR count). The van der Waals surface area contributed by atoms with Gasteiger partial charge in [0.1, 0.15) is 0 Å². The molecule has 0 aliphatic rings. The largest absolute Gasteiger partial charge is 0.383 e.